The summed E-state index contributed by atoms with van der Waals surface area (Å²) in [6.45, 7) is 17.3. The van der Waals surface area contributed by atoms with E-state index < -0.39 is 0 Å². The van der Waals surface area contributed by atoms with Crippen molar-refractivity contribution in [3.63, 3.8) is 0 Å². The fraction of sp³-hybridized carbons (Fsp3) is 0.550. The molecule has 3 atom stereocenters. The molecule has 4 nitrogen and oxygen atoms in total. The van der Waals surface area contributed by atoms with Gasteiger partial charge < -0.3 is 18.9 Å². The first-order valence-electron chi connectivity index (χ1n) is 16.5. The second-order valence-corrected chi connectivity index (χ2v) is 14.2. The number of unbranched alkanes of at least 4 members (excludes halogenated alkanes) is 1. The number of ether oxygens (including phenoxy) is 4. The normalized spacial score (nSPS) is 19.1. The molecule has 4 heteroatoms. The van der Waals surface area contributed by atoms with E-state index >= 15 is 0 Å². The SMILES string of the molecule is COCCC(C)(CC1CO1)c1ccc(C(C)(C)c2ccc(C(C)(C)c3ccc(C)cc3)cc2)cc1.COCCCCC1CO1. The van der Waals surface area contributed by atoms with Crippen molar-refractivity contribution in [2.45, 2.75) is 102 Å². The number of hydrogen-bond acceptors (Lipinski definition) is 4. The van der Waals surface area contributed by atoms with E-state index in [0.717, 1.165) is 39.3 Å². The maximum absolute atomic E-state index is 5.57. The highest BCUT2D eigenvalue weighted by atomic mass is 16.6. The van der Waals surface area contributed by atoms with E-state index in [2.05, 4.69) is 114 Å². The molecule has 0 spiro atoms. The lowest BCUT2D eigenvalue weighted by Gasteiger charge is -2.32. The molecular weight excluding hydrogens is 544 g/mol. The first-order chi connectivity index (χ1) is 21.0. The molecule has 0 N–H and O–H groups in total. The lowest BCUT2D eigenvalue weighted by Crippen LogP contribution is -2.27. The predicted octanol–water partition coefficient (Wildman–Crippen LogP) is 8.93. The van der Waals surface area contributed by atoms with Crippen LogP contribution in [0.1, 0.15) is 100 Å². The van der Waals surface area contributed by atoms with Gasteiger partial charge in [0.05, 0.1) is 25.4 Å². The summed E-state index contributed by atoms with van der Waals surface area (Å²) in [5, 5.41) is 0. The molecule has 0 saturated carbocycles. The molecule has 2 aliphatic heterocycles. The third kappa shape index (κ3) is 9.26. The molecule has 2 fully saturated rings. The van der Waals surface area contributed by atoms with Crippen LogP contribution >= 0.6 is 0 Å². The predicted molar refractivity (Wildman–Crippen MR) is 182 cm³/mol. The minimum absolute atomic E-state index is 0.0318. The van der Waals surface area contributed by atoms with E-state index in [1.54, 1.807) is 14.2 Å². The summed E-state index contributed by atoms with van der Waals surface area (Å²) in [6.07, 6.45) is 6.71. The summed E-state index contributed by atoms with van der Waals surface area (Å²) >= 11 is 0. The first kappa shape index (κ1) is 34.4. The molecule has 2 aliphatic rings. The van der Waals surface area contributed by atoms with Crippen LogP contribution in [0.4, 0.5) is 0 Å². The summed E-state index contributed by atoms with van der Waals surface area (Å²) in [7, 11) is 3.53. The third-order valence-electron chi connectivity index (χ3n) is 9.87. The molecule has 0 aromatic heterocycles. The van der Waals surface area contributed by atoms with E-state index in [1.165, 1.54) is 52.6 Å². The molecule has 0 radical (unpaired) electrons. The van der Waals surface area contributed by atoms with E-state index in [1.807, 2.05) is 0 Å². The van der Waals surface area contributed by atoms with Gasteiger partial charge in [-0.05, 0) is 72.3 Å². The number of aryl methyl sites for hydroxylation is 1. The van der Waals surface area contributed by atoms with Crippen molar-refractivity contribution in [1.29, 1.82) is 0 Å². The standard InChI is InChI=1S/C33H42O2.C7H14O2/c1-24-8-10-25(11-9-24)31(2,3)26-12-14-27(15-13-26)32(4,5)28-16-18-29(19-17-28)33(6,20-21-34-7)22-30-23-35-30;1-8-5-3-2-4-7-6-9-7/h8-19,30H,20-23H2,1-7H3;7H,2-6H2,1H3. The zero-order valence-electron chi connectivity index (χ0n) is 28.6. The molecule has 3 aromatic rings. The van der Waals surface area contributed by atoms with Crippen molar-refractivity contribution in [3.8, 4) is 0 Å². The highest BCUT2D eigenvalue weighted by Crippen LogP contribution is 2.39. The van der Waals surface area contributed by atoms with Crippen molar-refractivity contribution < 1.29 is 18.9 Å². The maximum atomic E-state index is 5.57. The Hall–Kier alpha value is -2.50. The smallest absolute Gasteiger partial charge is 0.0818 e. The average Bonchev–Trinajstić information content (AvgIpc) is 3.97. The van der Waals surface area contributed by atoms with Crippen LogP contribution in [0.5, 0.6) is 0 Å². The highest BCUT2D eigenvalue weighted by Gasteiger charge is 2.36. The Morgan fingerprint density at radius 3 is 1.41 bits per heavy atom. The van der Waals surface area contributed by atoms with Crippen molar-refractivity contribution in [3.05, 3.63) is 106 Å². The largest absolute Gasteiger partial charge is 0.385 e. The van der Waals surface area contributed by atoms with Gasteiger partial charge in [0.25, 0.3) is 0 Å². The Balaban J connectivity index is 0.000000421. The fourth-order valence-corrected chi connectivity index (χ4v) is 6.13. The fourth-order valence-electron chi connectivity index (χ4n) is 6.13. The number of hydrogen-bond donors (Lipinski definition) is 0. The van der Waals surface area contributed by atoms with Gasteiger partial charge >= 0.3 is 0 Å². The molecule has 240 valence electrons. The van der Waals surface area contributed by atoms with E-state index in [9.17, 15) is 0 Å². The molecule has 2 heterocycles. The van der Waals surface area contributed by atoms with E-state index in [-0.39, 0.29) is 16.2 Å². The van der Waals surface area contributed by atoms with Crippen molar-refractivity contribution in [2.24, 2.45) is 0 Å². The monoisotopic (exact) mass is 600 g/mol. The van der Waals surface area contributed by atoms with Gasteiger partial charge in [0, 0.05) is 38.3 Å². The van der Waals surface area contributed by atoms with Crippen LogP contribution in [0.15, 0.2) is 72.8 Å². The Labute approximate surface area is 267 Å². The number of methoxy groups -OCH3 is 2. The lowest BCUT2D eigenvalue weighted by molar-refractivity contribution is 0.163. The van der Waals surface area contributed by atoms with Crippen LogP contribution in [0.2, 0.25) is 0 Å². The lowest BCUT2D eigenvalue weighted by atomic mass is 9.72. The second kappa shape index (κ2) is 15.2. The Morgan fingerprint density at radius 1 is 0.591 bits per heavy atom. The number of benzene rings is 3. The topological polar surface area (TPSA) is 43.5 Å². The van der Waals surface area contributed by atoms with Crippen molar-refractivity contribution in [2.75, 3.05) is 40.6 Å². The average molecular weight is 601 g/mol. The minimum atomic E-state index is -0.0758. The Kier molecular flexibility index (Phi) is 11.9. The van der Waals surface area contributed by atoms with Crippen LogP contribution in [-0.4, -0.2) is 52.9 Å². The zero-order valence-corrected chi connectivity index (χ0v) is 28.6. The molecule has 44 heavy (non-hydrogen) atoms. The molecule has 3 unspecified atom stereocenters. The Bertz CT molecular complexity index is 1270. The zero-order chi connectivity index (χ0) is 31.8. The van der Waals surface area contributed by atoms with E-state index in [4.69, 9.17) is 18.9 Å². The van der Waals surface area contributed by atoms with E-state index in [0.29, 0.717) is 12.2 Å². The van der Waals surface area contributed by atoms with Gasteiger partial charge in [0.15, 0.2) is 0 Å². The molecular formula is C40H56O4. The maximum Gasteiger partial charge on any atom is 0.0818 e. The van der Waals surface area contributed by atoms with Crippen molar-refractivity contribution in [1.82, 2.24) is 0 Å². The van der Waals surface area contributed by atoms with Crippen LogP contribution in [0.3, 0.4) is 0 Å². The van der Waals surface area contributed by atoms with Gasteiger partial charge in [-0.2, -0.15) is 0 Å². The van der Waals surface area contributed by atoms with Crippen LogP contribution in [0, 0.1) is 6.92 Å². The van der Waals surface area contributed by atoms with Crippen LogP contribution in [0.25, 0.3) is 0 Å². The first-order valence-corrected chi connectivity index (χ1v) is 16.5. The molecule has 5 rings (SSSR count). The van der Waals surface area contributed by atoms with Crippen molar-refractivity contribution >= 4 is 0 Å². The molecule has 0 amide bonds. The highest BCUT2D eigenvalue weighted by molar-refractivity contribution is 5.44. The van der Waals surface area contributed by atoms with Gasteiger partial charge in [-0.3, -0.25) is 0 Å². The summed E-state index contributed by atoms with van der Waals surface area (Å²) in [5.41, 5.74) is 8.00. The summed E-state index contributed by atoms with van der Waals surface area (Å²) in [5.74, 6) is 0. The summed E-state index contributed by atoms with van der Waals surface area (Å²) in [4.78, 5) is 0. The minimum Gasteiger partial charge on any atom is -0.385 e. The van der Waals surface area contributed by atoms with Gasteiger partial charge in [-0.15, -0.1) is 0 Å². The summed E-state index contributed by atoms with van der Waals surface area (Å²) in [6, 6.07) is 27.4. The third-order valence-corrected chi connectivity index (χ3v) is 9.87. The molecule has 3 aromatic carbocycles. The molecule has 0 aliphatic carbocycles. The number of rotatable bonds is 15. The number of epoxide rings is 2. The van der Waals surface area contributed by atoms with Gasteiger partial charge in [-0.1, -0.05) is 113 Å². The molecule has 2 saturated heterocycles. The Morgan fingerprint density at radius 2 is 1.00 bits per heavy atom. The van der Waals surface area contributed by atoms with Crippen LogP contribution in [-0.2, 0) is 35.2 Å². The quantitative estimate of drug-likeness (QED) is 0.129. The molecule has 0 bridgehead atoms. The van der Waals surface area contributed by atoms with Gasteiger partial charge in [-0.25, -0.2) is 0 Å². The van der Waals surface area contributed by atoms with Crippen LogP contribution < -0.4 is 0 Å². The van der Waals surface area contributed by atoms with Gasteiger partial charge in [0.2, 0.25) is 0 Å². The van der Waals surface area contributed by atoms with Gasteiger partial charge in [0.1, 0.15) is 0 Å². The summed E-state index contributed by atoms with van der Waals surface area (Å²) < 4.78 is 20.9. The second-order valence-electron chi connectivity index (χ2n) is 14.2.